The number of aliphatic hydroxyl groups excluding tert-OH is 1. The Bertz CT molecular complexity index is 331. The highest BCUT2D eigenvalue weighted by molar-refractivity contribution is 6.32. The SMILES string of the molecule is C[C@H](CO)Oc1c(Cl)cccc1CCC[NH-]. The first-order chi connectivity index (χ1) is 7.69. The lowest BCUT2D eigenvalue weighted by atomic mass is 10.1. The Morgan fingerprint density at radius 2 is 2.25 bits per heavy atom. The molecule has 0 heterocycles. The van der Waals surface area contributed by atoms with Crippen LogP contribution in [0, 0.1) is 0 Å². The molecule has 0 amide bonds. The molecule has 1 atom stereocenters. The fraction of sp³-hybridized carbons (Fsp3) is 0.500. The van der Waals surface area contributed by atoms with Crippen molar-refractivity contribution in [2.45, 2.75) is 25.9 Å². The maximum atomic E-state index is 8.96. The Morgan fingerprint density at radius 3 is 2.88 bits per heavy atom. The third-order valence-corrected chi connectivity index (χ3v) is 2.55. The van der Waals surface area contributed by atoms with Crippen LogP contribution in [0.25, 0.3) is 5.73 Å². The molecule has 0 fully saturated rings. The number of para-hydroxylation sites is 1. The minimum atomic E-state index is -0.269. The van der Waals surface area contributed by atoms with Crippen molar-refractivity contribution < 1.29 is 9.84 Å². The number of ether oxygens (including phenoxy) is 1. The molecule has 1 rings (SSSR count). The molecule has 0 saturated carbocycles. The van der Waals surface area contributed by atoms with Gasteiger partial charge in [0.25, 0.3) is 0 Å². The van der Waals surface area contributed by atoms with Crippen LogP contribution in [-0.2, 0) is 6.42 Å². The molecule has 16 heavy (non-hydrogen) atoms. The number of hydrogen-bond donors (Lipinski definition) is 1. The third-order valence-electron chi connectivity index (χ3n) is 2.25. The standard InChI is InChI=1S/C12H17ClNO2/c1-9(8-15)16-12-10(5-3-7-14)4-2-6-11(12)13/h2,4,6,9,14-15H,3,5,7-8H2,1H3/q-1/t9-/m1/s1. The molecule has 90 valence electrons. The molecular weight excluding hydrogens is 226 g/mol. The van der Waals surface area contributed by atoms with Crippen LogP contribution in [0.15, 0.2) is 18.2 Å². The maximum absolute atomic E-state index is 8.96. The summed E-state index contributed by atoms with van der Waals surface area (Å²) < 4.78 is 5.58. The van der Waals surface area contributed by atoms with Gasteiger partial charge in [-0.15, -0.1) is 0 Å². The average Bonchev–Trinajstić information content (AvgIpc) is 2.29. The summed E-state index contributed by atoms with van der Waals surface area (Å²) in [7, 11) is 0. The van der Waals surface area contributed by atoms with Crippen molar-refractivity contribution in [3.05, 3.63) is 34.5 Å². The highest BCUT2D eigenvalue weighted by Crippen LogP contribution is 2.30. The van der Waals surface area contributed by atoms with Gasteiger partial charge in [-0.1, -0.05) is 30.2 Å². The normalized spacial score (nSPS) is 12.5. The summed E-state index contributed by atoms with van der Waals surface area (Å²) in [4.78, 5) is 0. The van der Waals surface area contributed by atoms with E-state index in [4.69, 9.17) is 27.2 Å². The summed E-state index contributed by atoms with van der Waals surface area (Å²) in [5, 5.41) is 9.51. The summed E-state index contributed by atoms with van der Waals surface area (Å²) in [6, 6.07) is 5.59. The van der Waals surface area contributed by atoms with E-state index in [0.717, 1.165) is 18.4 Å². The van der Waals surface area contributed by atoms with Crippen LogP contribution in [0.5, 0.6) is 5.75 Å². The smallest absolute Gasteiger partial charge is 0.141 e. The van der Waals surface area contributed by atoms with E-state index in [1.54, 1.807) is 13.0 Å². The number of hydrogen-bond acceptors (Lipinski definition) is 2. The van der Waals surface area contributed by atoms with Crippen LogP contribution in [0.1, 0.15) is 18.9 Å². The first-order valence-corrected chi connectivity index (χ1v) is 5.76. The van der Waals surface area contributed by atoms with Gasteiger partial charge in [-0.05, 0) is 25.0 Å². The Hall–Kier alpha value is -0.770. The van der Waals surface area contributed by atoms with Crippen molar-refractivity contribution in [3.63, 3.8) is 0 Å². The van der Waals surface area contributed by atoms with E-state index in [2.05, 4.69) is 0 Å². The summed E-state index contributed by atoms with van der Waals surface area (Å²) in [5.41, 5.74) is 8.14. The van der Waals surface area contributed by atoms with E-state index in [9.17, 15) is 0 Å². The van der Waals surface area contributed by atoms with Gasteiger partial charge in [-0.25, -0.2) is 0 Å². The lowest BCUT2D eigenvalue weighted by molar-refractivity contribution is 0.129. The molecule has 4 heteroatoms. The van der Waals surface area contributed by atoms with Crippen LogP contribution < -0.4 is 4.74 Å². The van der Waals surface area contributed by atoms with Crippen molar-refractivity contribution in [2.75, 3.05) is 13.2 Å². The van der Waals surface area contributed by atoms with Gasteiger partial charge in [0, 0.05) is 0 Å². The Labute approximate surface area is 101 Å². The number of halogens is 1. The van der Waals surface area contributed by atoms with Crippen molar-refractivity contribution in [1.29, 1.82) is 0 Å². The minimum Gasteiger partial charge on any atom is -0.677 e. The van der Waals surface area contributed by atoms with Crippen LogP contribution in [0.3, 0.4) is 0 Å². The van der Waals surface area contributed by atoms with Gasteiger partial charge in [-0.3, -0.25) is 0 Å². The van der Waals surface area contributed by atoms with Crippen molar-refractivity contribution in [1.82, 2.24) is 0 Å². The predicted octanol–water partition coefficient (Wildman–Crippen LogP) is 3.08. The summed E-state index contributed by atoms with van der Waals surface area (Å²) in [5.74, 6) is 0.638. The summed E-state index contributed by atoms with van der Waals surface area (Å²) >= 11 is 6.06. The highest BCUT2D eigenvalue weighted by Gasteiger charge is 2.10. The van der Waals surface area contributed by atoms with Gasteiger partial charge < -0.3 is 15.6 Å². The number of benzene rings is 1. The van der Waals surface area contributed by atoms with Crippen LogP contribution in [0.4, 0.5) is 0 Å². The highest BCUT2D eigenvalue weighted by atomic mass is 35.5. The van der Waals surface area contributed by atoms with Crippen molar-refractivity contribution >= 4 is 11.6 Å². The Morgan fingerprint density at radius 1 is 1.50 bits per heavy atom. The molecule has 0 aliphatic heterocycles. The lowest BCUT2D eigenvalue weighted by Gasteiger charge is -2.17. The zero-order chi connectivity index (χ0) is 12.0. The third kappa shape index (κ3) is 3.67. The quantitative estimate of drug-likeness (QED) is 0.834. The molecule has 0 aliphatic carbocycles. The topological polar surface area (TPSA) is 53.3 Å². The molecule has 0 aromatic heterocycles. The van der Waals surface area contributed by atoms with Crippen molar-refractivity contribution in [3.8, 4) is 5.75 Å². The van der Waals surface area contributed by atoms with E-state index in [-0.39, 0.29) is 12.7 Å². The zero-order valence-electron chi connectivity index (χ0n) is 9.37. The zero-order valence-corrected chi connectivity index (χ0v) is 10.1. The van der Waals surface area contributed by atoms with Crippen molar-refractivity contribution in [2.24, 2.45) is 0 Å². The first-order valence-electron chi connectivity index (χ1n) is 5.38. The summed E-state index contributed by atoms with van der Waals surface area (Å²) in [6.07, 6.45) is 1.29. The van der Waals surface area contributed by atoms with E-state index in [1.165, 1.54) is 0 Å². The van der Waals surface area contributed by atoms with E-state index >= 15 is 0 Å². The summed E-state index contributed by atoms with van der Waals surface area (Å²) in [6.45, 7) is 2.14. The van der Waals surface area contributed by atoms with Crippen LogP contribution in [0.2, 0.25) is 5.02 Å². The molecule has 0 unspecified atom stereocenters. The number of nitrogens with one attached hydrogen (secondary N) is 1. The predicted molar refractivity (Wildman–Crippen MR) is 66.1 cm³/mol. The molecule has 0 aliphatic rings. The van der Waals surface area contributed by atoms with E-state index in [0.29, 0.717) is 17.3 Å². The lowest BCUT2D eigenvalue weighted by Crippen LogP contribution is -2.17. The molecule has 3 nitrogen and oxygen atoms in total. The Balaban J connectivity index is 2.85. The molecule has 1 aromatic carbocycles. The molecule has 1 aromatic rings. The second-order valence-corrected chi connectivity index (χ2v) is 4.10. The molecular formula is C12H17ClNO2-. The van der Waals surface area contributed by atoms with Crippen LogP contribution in [-0.4, -0.2) is 24.4 Å². The fourth-order valence-electron chi connectivity index (χ4n) is 1.40. The van der Waals surface area contributed by atoms with E-state index < -0.39 is 0 Å². The molecule has 0 spiro atoms. The van der Waals surface area contributed by atoms with Gasteiger partial charge >= 0.3 is 0 Å². The molecule has 0 saturated heterocycles. The van der Waals surface area contributed by atoms with Gasteiger partial charge in [0.1, 0.15) is 11.9 Å². The molecule has 0 bridgehead atoms. The van der Waals surface area contributed by atoms with E-state index in [1.807, 2.05) is 12.1 Å². The van der Waals surface area contributed by atoms with Crippen LogP contribution >= 0.6 is 11.6 Å². The fourth-order valence-corrected chi connectivity index (χ4v) is 1.64. The van der Waals surface area contributed by atoms with Gasteiger partial charge in [0.2, 0.25) is 0 Å². The first kappa shape index (κ1) is 13.3. The monoisotopic (exact) mass is 242 g/mol. The second kappa shape index (κ2) is 6.74. The number of aliphatic hydroxyl groups is 1. The number of aryl methyl sites for hydroxylation is 1. The van der Waals surface area contributed by atoms with Gasteiger partial charge in [0.05, 0.1) is 11.6 Å². The largest absolute Gasteiger partial charge is 0.677 e. The second-order valence-electron chi connectivity index (χ2n) is 3.69. The maximum Gasteiger partial charge on any atom is 0.141 e. The number of rotatable bonds is 6. The molecule has 2 N–H and O–H groups in total. The van der Waals surface area contributed by atoms with Gasteiger partial charge in [-0.2, -0.15) is 6.54 Å². The average molecular weight is 243 g/mol. The molecule has 0 radical (unpaired) electrons. The Kier molecular flexibility index (Phi) is 5.60. The van der Waals surface area contributed by atoms with Gasteiger partial charge in [0.15, 0.2) is 0 Å². The minimum absolute atomic E-state index is 0.0386.